The number of carbonyl (C=O) groups excluding carboxylic acids is 4. The number of nitrogens with one attached hydrogen (secondary N) is 3. The van der Waals surface area contributed by atoms with Crippen LogP contribution in [0.2, 0.25) is 0 Å². The van der Waals surface area contributed by atoms with Gasteiger partial charge in [-0.1, -0.05) is 25.3 Å². The van der Waals surface area contributed by atoms with Crippen molar-refractivity contribution in [3.05, 3.63) is 36.4 Å². The molecule has 0 radical (unpaired) electrons. The maximum Gasteiger partial charge on any atom is 0.318 e. The number of benzene rings is 1. The van der Waals surface area contributed by atoms with Crippen molar-refractivity contribution < 1.29 is 46.5 Å². The number of urea groups is 1. The van der Waals surface area contributed by atoms with Crippen LogP contribution in [-0.4, -0.2) is 122 Å². The average Bonchev–Trinajstić information content (AvgIpc) is 4.14. The van der Waals surface area contributed by atoms with E-state index in [-0.39, 0.29) is 37.4 Å². The van der Waals surface area contributed by atoms with Crippen molar-refractivity contribution >= 4 is 44.7 Å². The highest BCUT2D eigenvalue weighted by Gasteiger charge is 2.62. The smallest absolute Gasteiger partial charge is 0.318 e. The van der Waals surface area contributed by atoms with Gasteiger partial charge in [-0.15, -0.1) is 6.58 Å². The molecule has 1 aromatic heterocycles. The van der Waals surface area contributed by atoms with Gasteiger partial charge in [-0.25, -0.2) is 18.2 Å². The zero-order chi connectivity index (χ0) is 41.5. The van der Waals surface area contributed by atoms with Gasteiger partial charge in [-0.3, -0.25) is 19.1 Å². The number of methoxy groups -OCH3 is 1. The molecule has 17 heteroatoms. The fourth-order valence-electron chi connectivity index (χ4n) is 9.15. The third-order valence-electron chi connectivity index (χ3n) is 12.8. The normalized spacial score (nSPS) is 29.2. The molecule has 9 rings (SSSR count). The molecule has 3 N–H and O–H groups in total. The topological polar surface area (TPSA) is 195 Å². The van der Waals surface area contributed by atoms with Crippen LogP contribution in [0.25, 0.3) is 10.9 Å². The summed E-state index contributed by atoms with van der Waals surface area (Å²) >= 11 is 0. The van der Waals surface area contributed by atoms with Crippen molar-refractivity contribution in [3.8, 4) is 17.4 Å². The van der Waals surface area contributed by atoms with E-state index in [0.717, 1.165) is 50.5 Å². The van der Waals surface area contributed by atoms with Crippen molar-refractivity contribution in [1.82, 2.24) is 30.1 Å². The van der Waals surface area contributed by atoms with Crippen LogP contribution in [0, 0.1) is 11.8 Å². The Morgan fingerprint density at radius 3 is 2.53 bits per heavy atom. The molecule has 2 aromatic rings. The van der Waals surface area contributed by atoms with Crippen molar-refractivity contribution in [2.75, 3.05) is 40.0 Å². The monoisotopic (exact) mass is 836 g/mol. The van der Waals surface area contributed by atoms with Crippen molar-refractivity contribution in [2.45, 2.75) is 119 Å². The Bertz CT molecular complexity index is 2080. The van der Waals surface area contributed by atoms with Crippen LogP contribution in [0.3, 0.4) is 0 Å². The highest BCUT2D eigenvalue weighted by atomic mass is 32.2. The van der Waals surface area contributed by atoms with E-state index in [1.807, 2.05) is 19.1 Å². The Morgan fingerprint density at radius 1 is 1.05 bits per heavy atom. The zero-order valence-corrected chi connectivity index (χ0v) is 34.7. The molecular weight excluding hydrogens is 781 g/mol. The molecule has 3 aliphatic carbocycles. The van der Waals surface area contributed by atoms with Gasteiger partial charge in [0.1, 0.15) is 35.2 Å². The maximum absolute atomic E-state index is 15.0. The van der Waals surface area contributed by atoms with Gasteiger partial charge in [-0.2, -0.15) is 0 Å². The van der Waals surface area contributed by atoms with E-state index >= 15 is 4.79 Å². The van der Waals surface area contributed by atoms with Crippen LogP contribution < -0.4 is 29.6 Å². The van der Waals surface area contributed by atoms with E-state index in [9.17, 15) is 22.8 Å². The van der Waals surface area contributed by atoms with Crippen LogP contribution in [0.1, 0.15) is 83.1 Å². The molecule has 16 nitrogen and oxygen atoms in total. The number of fused-ring (bicyclic) bond motifs is 7. The molecule has 5 atom stereocenters. The Kier molecular flexibility index (Phi) is 11.7. The van der Waals surface area contributed by atoms with Crippen LogP contribution in [-0.2, 0) is 35.6 Å². The fourth-order valence-corrected chi connectivity index (χ4v) is 10.5. The molecule has 3 saturated carbocycles. The number of rotatable bonds is 10. The Hall–Kier alpha value is -4.64. The van der Waals surface area contributed by atoms with E-state index in [2.05, 4.69) is 21.9 Å². The van der Waals surface area contributed by atoms with Crippen LogP contribution in [0.15, 0.2) is 30.9 Å². The summed E-state index contributed by atoms with van der Waals surface area (Å²) in [6.07, 6.45) is 8.54. The number of carbonyl (C=O) groups is 4. The third-order valence-corrected chi connectivity index (χ3v) is 14.6. The van der Waals surface area contributed by atoms with Gasteiger partial charge in [0.05, 0.1) is 50.2 Å². The minimum atomic E-state index is -3.91. The van der Waals surface area contributed by atoms with E-state index in [1.165, 1.54) is 11.0 Å². The fraction of sp³-hybridized carbons (Fsp3) is 0.643. The highest BCUT2D eigenvalue weighted by molar-refractivity contribution is 7.91. The molecule has 0 spiro atoms. The molecule has 5 fully saturated rings. The van der Waals surface area contributed by atoms with Gasteiger partial charge in [0, 0.05) is 36.5 Å². The quantitative estimate of drug-likeness (QED) is 0.297. The second-order valence-electron chi connectivity index (χ2n) is 16.9. The van der Waals surface area contributed by atoms with Crippen molar-refractivity contribution in [3.63, 3.8) is 0 Å². The lowest BCUT2D eigenvalue weighted by Gasteiger charge is -2.41. The van der Waals surface area contributed by atoms with Gasteiger partial charge in [0.15, 0.2) is 0 Å². The van der Waals surface area contributed by atoms with Gasteiger partial charge in [-0.05, 0) is 75.8 Å². The van der Waals surface area contributed by atoms with Gasteiger partial charge in [0.2, 0.25) is 27.7 Å². The zero-order valence-electron chi connectivity index (χ0n) is 33.9. The first-order valence-electron chi connectivity index (χ1n) is 21.2. The van der Waals surface area contributed by atoms with E-state index in [1.54, 1.807) is 18.1 Å². The minimum absolute atomic E-state index is 0.00653. The molecule has 6 bridgehead atoms. The summed E-state index contributed by atoms with van der Waals surface area (Å²) in [6.45, 7) is 7.41. The number of sulfonamides is 1. The van der Waals surface area contributed by atoms with E-state index in [0.29, 0.717) is 73.8 Å². The summed E-state index contributed by atoms with van der Waals surface area (Å²) in [5.74, 6) is -1.05. The van der Waals surface area contributed by atoms with Crippen LogP contribution in [0.5, 0.6) is 17.4 Å². The molecule has 4 aliphatic heterocycles. The van der Waals surface area contributed by atoms with Crippen LogP contribution in [0.4, 0.5) is 4.79 Å². The number of hydrogen-bond donors (Lipinski definition) is 3. The lowest BCUT2D eigenvalue weighted by molar-refractivity contribution is -0.142. The second-order valence-corrected chi connectivity index (χ2v) is 18.9. The predicted molar refractivity (Wildman–Crippen MR) is 216 cm³/mol. The number of amides is 5. The lowest BCUT2D eigenvalue weighted by atomic mass is 9.83. The molecule has 7 aliphatic rings. The number of aromatic nitrogens is 1. The largest absolute Gasteiger partial charge is 0.496 e. The van der Waals surface area contributed by atoms with Gasteiger partial charge >= 0.3 is 6.03 Å². The number of pyridine rings is 1. The van der Waals surface area contributed by atoms with Crippen molar-refractivity contribution in [1.29, 1.82) is 0 Å². The van der Waals surface area contributed by atoms with Gasteiger partial charge < -0.3 is 39.4 Å². The maximum atomic E-state index is 15.0. The predicted octanol–water partition coefficient (Wildman–Crippen LogP) is 3.36. The first kappa shape index (κ1) is 41.1. The molecule has 320 valence electrons. The first-order valence-corrected chi connectivity index (χ1v) is 22.8. The number of nitrogens with zero attached hydrogens (tertiary/aromatic N) is 3. The van der Waals surface area contributed by atoms with E-state index in [4.69, 9.17) is 23.9 Å². The Labute approximate surface area is 345 Å². The van der Waals surface area contributed by atoms with Crippen LogP contribution >= 0.6 is 0 Å². The van der Waals surface area contributed by atoms with Crippen molar-refractivity contribution in [2.24, 2.45) is 11.8 Å². The molecule has 2 saturated heterocycles. The summed E-state index contributed by atoms with van der Waals surface area (Å²) < 4.78 is 52.4. The van der Waals surface area contributed by atoms with E-state index < -0.39 is 62.6 Å². The summed E-state index contributed by atoms with van der Waals surface area (Å²) in [5, 5.41) is 6.01. The SMILES string of the molecule is C=C[C@@H]1C[C@]1(NC(=O)[C@@H]1C[C@@H]2CN1C(=O)[C@H](C1CCCCC1)NC(=O)N1CC(C1)OCCCCc1cc3c(cc(OCC)nc3cc1OC)O2)C(=O)NS(=O)(=O)C1CC1. The minimum Gasteiger partial charge on any atom is -0.496 e. The average molecular weight is 837 g/mol. The molecule has 1 aromatic carbocycles. The number of hydrogen-bond acceptors (Lipinski definition) is 11. The summed E-state index contributed by atoms with van der Waals surface area (Å²) in [5.41, 5.74) is 0.000149. The summed E-state index contributed by atoms with van der Waals surface area (Å²) in [7, 11) is -2.29. The molecular formula is C42H56N6O10S. The summed E-state index contributed by atoms with van der Waals surface area (Å²) in [4.78, 5) is 64.9. The second kappa shape index (κ2) is 16.8. The first-order chi connectivity index (χ1) is 28.4. The molecule has 59 heavy (non-hydrogen) atoms. The standard InChI is InChI=1S/C42H56N6O10S/c1-4-27-21-42(27,40(51)46-59(53,54)30-14-15-30)45-38(49)33-18-28-24-48(33)39(50)37(25-11-7-6-8-12-25)44-41(52)47-22-29(23-47)57-16-10-9-13-26-17-31-32(19-34(26)55-3)43-36(56-5-2)20-35(31)58-28/h4,17,19-20,25,27-30,33,37H,1,5-16,18,21-24H2,2-3H3,(H,44,52)(H,45,49)(H,46,51)/t27-,28-,33+,37+,42-/m1/s1. The molecule has 5 amide bonds. The number of aryl methyl sites for hydroxylation is 1. The lowest BCUT2D eigenvalue weighted by Crippen LogP contribution is -2.63. The Morgan fingerprint density at radius 2 is 1.83 bits per heavy atom. The molecule has 5 heterocycles. The molecule has 0 unspecified atom stereocenters. The third kappa shape index (κ3) is 8.54. The van der Waals surface area contributed by atoms with Gasteiger partial charge in [0.25, 0.3) is 5.91 Å². The number of ether oxygens (including phenoxy) is 4. The summed E-state index contributed by atoms with van der Waals surface area (Å²) in [6, 6.07) is 3.20. The Balaban J connectivity index is 1.15. The highest BCUT2D eigenvalue weighted by Crippen LogP contribution is 2.46.